The van der Waals surface area contributed by atoms with E-state index < -0.39 is 0 Å². The first-order valence-electron chi connectivity index (χ1n) is 6.01. The standard InChI is InChI=1S/C14H17NO2/c1-2-17-14(16)15-10-6-9-13(15)11-12-7-4-3-5-8-12/h3-5,7-8,11H,2,6,9-10H2,1H3/b13-11+. The lowest BCUT2D eigenvalue weighted by Crippen LogP contribution is -2.27. The molecule has 3 nitrogen and oxygen atoms in total. The molecule has 0 atom stereocenters. The normalized spacial score (nSPS) is 17.5. The monoisotopic (exact) mass is 231 g/mol. The van der Waals surface area contributed by atoms with Gasteiger partial charge in [0.25, 0.3) is 0 Å². The number of carbonyl (C=O) groups excluding carboxylic acids is 1. The maximum absolute atomic E-state index is 11.7. The molecule has 0 radical (unpaired) electrons. The Kier molecular flexibility index (Phi) is 3.81. The molecule has 1 fully saturated rings. The van der Waals surface area contributed by atoms with E-state index in [1.54, 1.807) is 4.90 Å². The molecule has 1 aromatic rings. The van der Waals surface area contributed by atoms with E-state index in [1.165, 1.54) is 0 Å². The smallest absolute Gasteiger partial charge is 0.414 e. The summed E-state index contributed by atoms with van der Waals surface area (Å²) in [7, 11) is 0. The second-order valence-corrected chi connectivity index (χ2v) is 4.00. The molecule has 0 aromatic heterocycles. The van der Waals surface area contributed by atoms with Crippen LogP contribution in [0.5, 0.6) is 0 Å². The molecule has 1 aliphatic heterocycles. The minimum Gasteiger partial charge on any atom is -0.449 e. The molecule has 3 heteroatoms. The molecule has 0 bridgehead atoms. The third-order valence-electron chi connectivity index (χ3n) is 2.78. The van der Waals surface area contributed by atoms with Gasteiger partial charge in [0.15, 0.2) is 0 Å². The highest BCUT2D eigenvalue weighted by molar-refractivity contribution is 5.72. The number of hydrogen-bond donors (Lipinski definition) is 0. The summed E-state index contributed by atoms with van der Waals surface area (Å²) in [5, 5.41) is 0. The average molecular weight is 231 g/mol. The summed E-state index contributed by atoms with van der Waals surface area (Å²) in [6, 6.07) is 10.1. The highest BCUT2D eigenvalue weighted by atomic mass is 16.6. The average Bonchev–Trinajstić information content (AvgIpc) is 2.79. The van der Waals surface area contributed by atoms with Gasteiger partial charge in [-0.15, -0.1) is 0 Å². The SMILES string of the molecule is CCOC(=O)N1CCC/C1=C\c1ccccc1. The summed E-state index contributed by atoms with van der Waals surface area (Å²) >= 11 is 0. The van der Waals surface area contributed by atoms with E-state index in [9.17, 15) is 4.79 Å². The molecule has 1 aliphatic rings. The van der Waals surface area contributed by atoms with Crippen molar-refractivity contribution in [2.24, 2.45) is 0 Å². The topological polar surface area (TPSA) is 29.5 Å². The number of benzene rings is 1. The molecule has 1 heterocycles. The van der Waals surface area contributed by atoms with Crippen molar-refractivity contribution in [1.82, 2.24) is 4.90 Å². The Labute approximate surface area is 102 Å². The Morgan fingerprint density at radius 3 is 2.88 bits per heavy atom. The lowest BCUT2D eigenvalue weighted by Gasteiger charge is -2.17. The molecule has 17 heavy (non-hydrogen) atoms. The van der Waals surface area contributed by atoms with Crippen LogP contribution in [0, 0.1) is 0 Å². The molecule has 0 N–H and O–H groups in total. The van der Waals surface area contributed by atoms with E-state index in [0.717, 1.165) is 30.6 Å². The zero-order valence-corrected chi connectivity index (χ0v) is 10.1. The molecular weight excluding hydrogens is 214 g/mol. The number of nitrogens with zero attached hydrogens (tertiary/aromatic N) is 1. The fourth-order valence-electron chi connectivity index (χ4n) is 2.00. The summed E-state index contributed by atoms with van der Waals surface area (Å²) < 4.78 is 5.04. The predicted octanol–water partition coefficient (Wildman–Crippen LogP) is 3.28. The van der Waals surface area contributed by atoms with Crippen LogP contribution in [0.3, 0.4) is 0 Å². The van der Waals surface area contributed by atoms with Gasteiger partial charge in [0.2, 0.25) is 0 Å². The fourth-order valence-corrected chi connectivity index (χ4v) is 2.00. The Morgan fingerprint density at radius 1 is 1.41 bits per heavy atom. The van der Waals surface area contributed by atoms with Gasteiger partial charge in [-0.25, -0.2) is 4.79 Å². The second kappa shape index (κ2) is 5.53. The van der Waals surface area contributed by atoms with Crippen molar-refractivity contribution in [3.05, 3.63) is 41.6 Å². The molecule has 0 spiro atoms. The molecule has 2 rings (SSSR count). The Morgan fingerprint density at radius 2 is 2.18 bits per heavy atom. The molecule has 0 unspecified atom stereocenters. The van der Waals surface area contributed by atoms with Gasteiger partial charge >= 0.3 is 6.09 Å². The van der Waals surface area contributed by atoms with E-state index in [2.05, 4.69) is 6.08 Å². The van der Waals surface area contributed by atoms with E-state index in [1.807, 2.05) is 37.3 Å². The van der Waals surface area contributed by atoms with Crippen LogP contribution < -0.4 is 0 Å². The van der Waals surface area contributed by atoms with Crippen LogP contribution >= 0.6 is 0 Å². The Hall–Kier alpha value is -1.77. The fraction of sp³-hybridized carbons (Fsp3) is 0.357. The summed E-state index contributed by atoms with van der Waals surface area (Å²) in [6.45, 7) is 3.01. The first-order chi connectivity index (χ1) is 8.31. The second-order valence-electron chi connectivity index (χ2n) is 4.00. The van der Waals surface area contributed by atoms with Crippen LogP contribution in [0.2, 0.25) is 0 Å². The van der Waals surface area contributed by atoms with Crippen LogP contribution in [0.4, 0.5) is 4.79 Å². The van der Waals surface area contributed by atoms with E-state index >= 15 is 0 Å². The van der Waals surface area contributed by atoms with E-state index in [0.29, 0.717) is 6.61 Å². The van der Waals surface area contributed by atoms with Gasteiger partial charge in [-0.05, 0) is 31.4 Å². The minimum absolute atomic E-state index is 0.229. The first kappa shape index (κ1) is 11.7. The summed E-state index contributed by atoms with van der Waals surface area (Å²) in [5.41, 5.74) is 2.17. The van der Waals surface area contributed by atoms with E-state index in [-0.39, 0.29) is 6.09 Å². The molecule has 0 aliphatic carbocycles. The summed E-state index contributed by atoms with van der Waals surface area (Å²) in [4.78, 5) is 13.4. The van der Waals surface area contributed by atoms with Crippen LogP contribution in [-0.2, 0) is 4.74 Å². The lowest BCUT2D eigenvalue weighted by atomic mass is 10.2. The van der Waals surface area contributed by atoms with Gasteiger partial charge in [-0.2, -0.15) is 0 Å². The number of allylic oxidation sites excluding steroid dienone is 1. The summed E-state index contributed by atoms with van der Waals surface area (Å²) in [5.74, 6) is 0. The van der Waals surface area contributed by atoms with Gasteiger partial charge in [0, 0.05) is 12.2 Å². The van der Waals surface area contributed by atoms with Gasteiger partial charge in [-0.3, -0.25) is 4.90 Å². The highest BCUT2D eigenvalue weighted by Crippen LogP contribution is 2.24. The third kappa shape index (κ3) is 2.87. The van der Waals surface area contributed by atoms with Gasteiger partial charge in [-0.1, -0.05) is 30.3 Å². The Balaban J connectivity index is 2.14. The molecule has 1 saturated heterocycles. The Bertz CT molecular complexity index is 411. The number of likely N-dealkylation sites (tertiary alicyclic amines) is 1. The number of carbonyl (C=O) groups is 1. The van der Waals surface area contributed by atoms with Crippen molar-refractivity contribution in [1.29, 1.82) is 0 Å². The summed E-state index contributed by atoms with van der Waals surface area (Å²) in [6.07, 6.45) is 3.78. The van der Waals surface area contributed by atoms with Crippen molar-refractivity contribution in [2.75, 3.05) is 13.2 Å². The van der Waals surface area contributed by atoms with Gasteiger partial charge < -0.3 is 4.74 Å². The van der Waals surface area contributed by atoms with Crippen LogP contribution in [0.25, 0.3) is 6.08 Å². The number of amides is 1. The van der Waals surface area contributed by atoms with Crippen molar-refractivity contribution in [2.45, 2.75) is 19.8 Å². The van der Waals surface area contributed by atoms with Gasteiger partial charge in [0.05, 0.1) is 6.61 Å². The zero-order valence-electron chi connectivity index (χ0n) is 10.1. The molecule has 1 amide bonds. The predicted molar refractivity (Wildman–Crippen MR) is 67.4 cm³/mol. The largest absolute Gasteiger partial charge is 0.449 e. The zero-order chi connectivity index (χ0) is 12.1. The van der Waals surface area contributed by atoms with Crippen LogP contribution in [-0.4, -0.2) is 24.1 Å². The van der Waals surface area contributed by atoms with Crippen molar-refractivity contribution < 1.29 is 9.53 Å². The van der Waals surface area contributed by atoms with Crippen molar-refractivity contribution in [3.63, 3.8) is 0 Å². The van der Waals surface area contributed by atoms with Crippen molar-refractivity contribution in [3.8, 4) is 0 Å². The maximum atomic E-state index is 11.7. The maximum Gasteiger partial charge on any atom is 0.414 e. The number of rotatable bonds is 2. The highest BCUT2D eigenvalue weighted by Gasteiger charge is 2.23. The first-order valence-corrected chi connectivity index (χ1v) is 6.01. The third-order valence-corrected chi connectivity index (χ3v) is 2.78. The van der Waals surface area contributed by atoms with E-state index in [4.69, 9.17) is 4.74 Å². The number of ether oxygens (including phenoxy) is 1. The lowest BCUT2D eigenvalue weighted by molar-refractivity contribution is 0.123. The van der Waals surface area contributed by atoms with Crippen LogP contribution in [0.15, 0.2) is 36.0 Å². The molecule has 90 valence electrons. The molecule has 1 aromatic carbocycles. The van der Waals surface area contributed by atoms with Crippen molar-refractivity contribution >= 4 is 12.2 Å². The van der Waals surface area contributed by atoms with Gasteiger partial charge in [0.1, 0.15) is 0 Å². The minimum atomic E-state index is -0.229. The number of hydrogen-bond acceptors (Lipinski definition) is 2. The van der Waals surface area contributed by atoms with Crippen LogP contribution in [0.1, 0.15) is 25.3 Å². The quantitative estimate of drug-likeness (QED) is 0.781. The molecule has 0 saturated carbocycles. The molecular formula is C14H17NO2.